The molecule has 5 nitrogen and oxygen atoms in total. The van der Waals surface area contributed by atoms with Crippen molar-refractivity contribution in [3.8, 4) is 11.1 Å². The lowest BCUT2D eigenvalue weighted by molar-refractivity contribution is -0.118. The Balaban J connectivity index is 2.08. The van der Waals surface area contributed by atoms with Crippen LogP contribution in [0.5, 0.6) is 0 Å². The van der Waals surface area contributed by atoms with Gasteiger partial charge in [-0.1, -0.05) is 52.0 Å². The van der Waals surface area contributed by atoms with E-state index in [1.54, 1.807) is 4.57 Å². The largest absolute Gasteiger partial charge is 0.370 e. The highest BCUT2D eigenvalue weighted by atomic mass is 32.1. The molecule has 0 radical (unpaired) electrons. The topological polar surface area (TPSA) is 78.0 Å². The molecular weight excluding hydrogens is 382 g/mol. The predicted molar refractivity (Wildman–Crippen MR) is 120 cm³/mol. The standard InChI is InChI=1S/C23H29N3O2S/c1-5-7-19-25-21-20(22(28)26(19)13-6-8-18(24)27)17(14-29-21)15-9-11-16(12-10-15)23(2,3)4/h9-12,14H,5-8,13H2,1-4H3,(H2,24,27). The number of nitrogens with two attached hydrogens (primary N) is 1. The second-order valence-corrected chi connectivity index (χ2v) is 9.32. The molecule has 0 bridgehead atoms. The second-order valence-electron chi connectivity index (χ2n) is 8.46. The first kappa shape index (κ1) is 21.2. The number of carbonyl (C=O) groups is 1. The van der Waals surface area contributed by atoms with Gasteiger partial charge in [0.1, 0.15) is 10.7 Å². The van der Waals surface area contributed by atoms with Gasteiger partial charge in [0.25, 0.3) is 5.56 Å². The van der Waals surface area contributed by atoms with Crippen molar-refractivity contribution in [2.45, 2.75) is 65.3 Å². The Morgan fingerprint density at radius 3 is 2.48 bits per heavy atom. The zero-order chi connectivity index (χ0) is 21.2. The summed E-state index contributed by atoms with van der Waals surface area (Å²) in [5.41, 5.74) is 8.53. The smallest absolute Gasteiger partial charge is 0.262 e. The van der Waals surface area contributed by atoms with E-state index < -0.39 is 0 Å². The van der Waals surface area contributed by atoms with Crippen LogP contribution in [0.4, 0.5) is 0 Å². The van der Waals surface area contributed by atoms with Crippen LogP contribution in [-0.4, -0.2) is 15.5 Å². The molecule has 0 aliphatic carbocycles. The fraction of sp³-hybridized carbons (Fsp3) is 0.435. The van der Waals surface area contributed by atoms with E-state index in [4.69, 9.17) is 10.7 Å². The number of primary amides is 1. The van der Waals surface area contributed by atoms with E-state index in [9.17, 15) is 9.59 Å². The number of fused-ring (bicyclic) bond motifs is 1. The molecule has 0 atom stereocenters. The molecule has 0 spiro atoms. The zero-order valence-electron chi connectivity index (χ0n) is 17.6. The maximum Gasteiger partial charge on any atom is 0.262 e. The highest BCUT2D eigenvalue weighted by Crippen LogP contribution is 2.33. The van der Waals surface area contributed by atoms with Gasteiger partial charge in [-0.15, -0.1) is 11.3 Å². The summed E-state index contributed by atoms with van der Waals surface area (Å²) in [5.74, 6) is 0.435. The summed E-state index contributed by atoms with van der Waals surface area (Å²) in [7, 11) is 0. The van der Waals surface area contributed by atoms with Crippen LogP contribution < -0.4 is 11.3 Å². The van der Waals surface area contributed by atoms with Crippen LogP contribution in [0.1, 0.15) is 58.3 Å². The van der Waals surface area contributed by atoms with Gasteiger partial charge in [0, 0.05) is 30.3 Å². The number of aryl methyl sites for hydroxylation is 1. The van der Waals surface area contributed by atoms with Crippen LogP contribution in [0.15, 0.2) is 34.4 Å². The molecule has 0 saturated heterocycles. The Morgan fingerprint density at radius 1 is 1.21 bits per heavy atom. The fourth-order valence-corrected chi connectivity index (χ4v) is 4.44. The lowest BCUT2D eigenvalue weighted by Crippen LogP contribution is -2.26. The number of hydrogen-bond acceptors (Lipinski definition) is 4. The minimum atomic E-state index is -0.348. The van der Waals surface area contributed by atoms with Gasteiger partial charge in [-0.3, -0.25) is 14.2 Å². The first-order chi connectivity index (χ1) is 13.7. The van der Waals surface area contributed by atoms with Gasteiger partial charge in [-0.05, 0) is 29.4 Å². The van der Waals surface area contributed by atoms with Crippen molar-refractivity contribution in [3.63, 3.8) is 0 Å². The Kier molecular flexibility index (Phi) is 6.22. The van der Waals surface area contributed by atoms with Gasteiger partial charge in [0.2, 0.25) is 5.91 Å². The quantitative estimate of drug-likeness (QED) is 0.615. The number of thiophene rings is 1. The minimum Gasteiger partial charge on any atom is -0.370 e. The summed E-state index contributed by atoms with van der Waals surface area (Å²) in [6.45, 7) is 9.09. The molecule has 2 heterocycles. The lowest BCUT2D eigenvalue weighted by Gasteiger charge is -2.19. The summed E-state index contributed by atoms with van der Waals surface area (Å²) in [5, 5.41) is 2.69. The van der Waals surface area contributed by atoms with Crippen molar-refractivity contribution in [2.24, 2.45) is 5.73 Å². The first-order valence-electron chi connectivity index (χ1n) is 10.1. The second kappa shape index (κ2) is 8.49. The van der Waals surface area contributed by atoms with E-state index in [2.05, 4.69) is 52.0 Å². The highest BCUT2D eigenvalue weighted by Gasteiger charge is 2.18. The summed E-state index contributed by atoms with van der Waals surface area (Å²) in [4.78, 5) is 30.1. The molecule has 1 aromatic carbocycles. The summed E-state index contributed by atoms with van der Waals surface area (Å²) in [6.07, 6.45) is 2.44. The summed E-state index contributed by atoms with van der Waals surface area (Å²) in [6, 6.07) is 8.42. The van der Waals surface area contributed by atoms with E-state index in [0.717, 1.165) is 34.6 Å². The van der Waals surface area contributed by atoms with Crippen molar-refractivity contribution < 1.29 is 4.79 Å². The average Bonchev–Trinajstić information content (AvgIpc) is 3.07. The molecule has 2 N–H and O–H groups in total. The third-order valence-corrected chi connectivity index (χ3v) is 5.99. The van der Waals surface area contributed by atoms with Gasteiger partial charge < -0.3 is 5.73 Å². The SMILES string of the molecule is CCCc1nc2scc(-c3ccc(C(C)(C)C)cc3)c2c(=O)n1CCCC(N)=O. The number of aromatic nitrogens is 2. The third kappa shape index (κ3) is 4.58. The Morgan fingerprint density at radius 2 is 1.90 bits per heavy atom. The van der Waals surface area contributed by atoms with Gasteiger partial charge in [0.05, 0.1) is 5.39 Å². The molecule has 6 heteroatoms. The molecule has 3 rings (SSSR count). The molecule has 29 heavy (non-hydrogen) atoms. The van der Waals surface area contributed by atoms with E-state index in [0.29, 0.717) is 18.4 Å². The van der Waals surface area contributed by atoms with Crippen molar-refractivity contribution in [1.29, 1.82) is 0 Å². The Hall–Kier alpha value is -2.47. The monoisotopic (exact) mass is 411 g/mol. The van der Waals surface area contributed by atoms with Gasteiger partial charge in [-0.25, -0.2) is 4.98 Å². The molecule has 0 fully saturated rings. The van der Waals surface area contributed by atoms with Gasteiger partial charge >= 0.3 is 0 Å². The molecule has 1 amide bonds. The number of amides is 1. The van der Waals surface area contributed by atoms with E-state index in [1.807, 2.05) is 5.38 Å². The molecule has 0 saturated carbocycles. The molecule has 0 aliphatic heterocycles. The molecular formula is C23H29N3O2S. The normalized spacial score (nSPS) is 11.9. The van der Waals surface area contributed by atoms with Crippen molar-refractivity contribution >= 4 is 27.5 Å². The molecule has 2 aromatic heterocycles. The predicted octanol–water partition coefficient (Wildman–Crippen LogP) is 4.64. The van der Waals surface area contributed by atoms with E-state index in [-0.39, 0.29) is 23.3 Å². The summed E-state index contributed by atoms with van der Waals surface area (Å²) >= 11 is 1.51. The van der Waals surface area contributed by atoms with Gasteiger partial charge in [-0.2, -0.15) is 0 Å². The van der Waals surface area contributed by atoms with Crippen LogP contribution in [-0.2, 0) is 23.2 Å². The lowest BCUT2D eigenvalue weighted by atomic mass is 9.86. The Labute approximate surface area is 175 Å². The van der Waals surface area contributed by atoms with Crippen molar-refractivity contribution in [2.75, 3.05) is 0 Å². The van der Waals surface area contributed by atoms with Crippen LogP contribution in [0.25, 0.3) is 21.3 Å². The van der Waals surface area contributed by atoms with Crippen LogP contribution in [0.2, 0.25) is 0 Å². The minimum absolute atomic E-state index is 0.0286. The van der Waals surface area contributed by atoms with Gasteiger partial charge in [0.15, 0.2) is 0 Å². The summed E-state index contributed by atoms with van der Waals surface area (Å²) < 4.78 is 1.73. The maximum atomic E-state index is 13.4. The maximum absolute atomic E-state index is 13.4. The van der Waals surface area contributed by atoms with E-state index >= 15 is 0 Å². The molecule has 0 unspecified atom stereocenters. The average molecular weight is 412 g/mol. The Bertz CT molecular complexity index is 1070. The first-order valence-corrected chi connectivity index (χ1v) is 11.0. The number of hydrogen-bond donors (Lipinski definition) is 1. The third-order valence-electron chi connectivity index (χ3n) is 5.11. The zero-order valence-corrected chi connectivity index (χ0v) is 18.4. The molecule has 0 aliphatic rings. The van der Waals surface area contributed by atoms with Crippen LogP contribution in [0.3, 0.4) is 0 Å². The van der Waals surface area contributed by atoms with Crippen LogP contribution >= 0.6 is 11.3 Å². The van der Waals surface area contributed by atoms with Crippen molar-refractivity contribution in [3.05, 3.63) is 51.4 Å². The fourth-order valence-electron chi connectivity index (χ4n) is 3.49. The van der Waals surface area contributed by atoms with E-state index in [1.165, 1.54) is 16.9 Å². The number of nitrogens with zero attached hydrogens (tertiary/aromatic N) is 2. The molecule has 154 valence electrons. The number of benzene rings is 1. The van der Waals surface area contributed by atoms with Crippen molar-refractivity contribution in [1.82, 2.24) is 9.55 Å². The number of rotatable bonds is 7. The molecule has 3 aromatic rings. The highest BCUT2D eigenvalue weighted by molar-refractivity contribution is 7.17. The number of carbonyl (C=O) groups excluding carboxylic acids is 1. The van der Waals surface area contributed by atoms with Crippen LogP contribution in [0, 0.1) is 0 Å².